The van der Waals surface area contributed by atoms with Gasteiger partial charge in [0.05, 0.1) is 6.61 Å². The standard InChI is InChI=1S/C16H19OPS/c1-2-3-14-17-18(19,15-10-6-4-7-11-15)16-12-8-5-9-13-16/h4-13H,2-3,14H2,1H3. The molecule has 0 bridgehead atoms. The fourth-order valence-electron chi connectivity index (χ4n) is 1.88. The topological polar surface area (TPSA) is 9.23 Å². The average molecular weight is 290 g/mol. The van der Waals surface area contributed by atoms with Crippen LogP contribution in [0.5, 0.6) is 0 Å². The van der Waals surface area contributed by atoms with Gasteiger partial charge in [0.25, 0.3) is 0 Å². The van der Waals surface area contributed by atoms with Crippen molar-refractivity contribution in [3.63, 3.8) is 0 Å². The van der Waals surface area contributed by atoms with Crippen molar-refractivity contribution in [1.82, 2.24) is 0 Å². The lowest BCUT2D eigenvalue weighted by Gasteiger charge is -2.23. The predicted octanol–water partition coefficient (Wildman–Crippen LogP) is 3.85. The third kappa shape index (κ3) is 3.54. The number of hydrogen-bond donors (Lipinski definition) is 0. The molecule has 0 amide bonds. The average Bonchev–Trinajstić information content (AvgIpc) is 2.49. The molecule has 1 nitrogen and oxygen atoms in total. The molecule has 0 aromatic heterocycles. The summed E-state index contributed by atoms with van der Waals surface area (Å²) in [5.74, 6) is 0. The van der Waals surface area contributed by atoms with Crippen molar-refractivity contribution < 1.29 is 4.52 Å². The Morgan fingerprint density at radius 1 is 0.895 bits per heavy atom. The highest BCUT2D eigenvalue weighted by Crippen LogP contribution is 2.45. The maximum atomic E-state index is 6.17. The molecule has 3 heteroatoms. The molecule has 2 rings (SSSR count). The molecule has 0 N–H and O–H groups in total. The van der Waals surface area contributed by atoms with E-state index < -0.39 is 6.26 Å². The molecule has 0 aliphatic heterocycles. The van der Waals surface area contributed by atoms with Gasteiger partial charge in [0, 0.05) is 10.6 Å². The first-order valence-corrected chi connectivity index (χ1v) is 9.35. The zero-order chi connectivity index (χ0) is 13.6. The van der Waals surface area contributed by atoms with Gasteiger partial charge in [-0.15, -0.1) is 0 Å². The summed E-state index contributed by atoms with van der Waals surface area (Å²) in [6, 6.07) is 20.5. The van der Waals surface area contributed by atoms with Crippen molar-refractivity contribution >= 4 is 28.7 Å². The van der Waals surface area contributed by atoms with Crippen LogP contribution in [0.15, 0.2) is 60.7 Å². The zero-order valence-corrected chi connectivity index (χ0v) is 12.9. The van der Waals surface area contributed by atoms with Crippen LogP contribution in [0.1, 0.15) is 19.8 Å². The Hall–Kier alpha value is -0.950. The smallest absolute Gasteiger partial charge is 0.123 e. The Morgan fingerprint density at radius 2 is 1.37 bits per heavy atom. The van der Waals surface area contributed by atoms with Crippen LogP contribution in [0.3, 0.4) is 0 Å². The van der Waals surface area contributed by atoms with Crippen molar-refractivity contribution in [2.45, 2.75) is 19.8 Å². The van der Waals surface area contributed by atoms with Crippen molar-refractivity contribution in [3.8, 4) is 0 Å². The van der Waals surface area contributed by atoms with Crippen LogP contribution in [-0.4, -0.2) is 6.61 Å². The van der Waals surface area contributed by atoms with Gasteiger partial charge in [-0.25, -0.2) is 0 Å². The summed E-state index contributed by atoms with van der Waals surface area (Å²) in [4.78, 5) is 0. The summed E-state index contributed by atoms with van der Waals surface area (Å²) in [5, 5.41) is 2.26. The first kappa shape index (κ1) is 14.5. The van der Waals surface area contributed by atoms with Crippen LogP contribution < -0.4 is 10.6 Å². The number of benzene rings is 2. The molecule has 2 aromatic carbocycles. The highest BCUT2D eigenvalue weighted by Gasteiger charge is 2.22. The largest absolute Gasteiger partial charge is 0.342 e. The van der Waals surface area contributed by atoms with Gasteiger partial charge in [0.1, 0.15) is 6.26 Å². The second-order valence-corrected chi connectivity index (χ2v) is 8.35. The Morgan fingerprint density at radius 3 is 1.79 bits per heavy atom. The summed E-state index contributed by atoms with van der Waals surface area (Å²) in [6.07, 6.45) is 0.0571. The Balaban J connectivity index is 2.36. The molecule has 0 aliphatic rings. The Bertz CT molecular complexity index is 496. The molecule has 0 fully saturated rings. The molecule has 0 saturated heterocycles. The van der Waals surface area contributed by atoms with E-state index in [1.165, 1.54) is 0 Å². The molecule has 0 atom stereocenters. The van der Waals surface area contributed by atoms with E-state index in [2.05, 4.69) is 31.2 Å². The van der Waals surface area contributed by atoms with E-state index in [-0.39, 0.29) is 0 Å². The predicted molar refractivity (Wildman–Crippen MR) is 87.3 cm³/mol. The van der Waals surface area contributed by atoms with Gasteiger partial charge in [0.2, 0.25) is 0 Å². The normalized spacial score (nSPS) is 11.4. The van der Waals surface area contributed by atoms with E-state index in [9.17, 15) is 0 Å². The fraction of sp³-hybridized carbons (Fsp3) is 0.250. The summed E-state index contributed by atoms with van der Waals surface area (Å²) in [7, 11) is 0. The number of rotatable bonds is 6. The van der Waals surface area contributed by atoms with E-state index in [4.69, 9.17) is 16.3 Å². The molecule has 0 heterocycles. The van der Waals surface area contributed by atoms with E-state index in [0.29, 0.717) is 0 Å². The summed E-state index contributed by atoms with van der Waals surface area (Å²) >= 11 is 5.94. The van der Waals surface area contributed by atoms with Gasteiger partial charge in [-0.3, -0.25) is 0 Å². The van der Waals surface area contributed by atoms with E-state index in [1.54, 1.807) is 0 Å². The Labute approximate surface area is 120 Å². The van der Waals surface area contributed by atoms with Crippen LogP contribution in [0.4, 0.5) is 0 Å². The minimum absolute atomic E-state index is 0.734. The molecular formula is C16H19OPS. The molecule has 2 aromatic rings. The lowest BCUT2D eigenvalue weighted by molar-refractivity contribution is 0.349. The van der Waals surface area contributed by atoms with Gasteiger partial charge in [-0.2, -0.15) is 0 Å². The molecule has 0 aliphatic carbocycles. The van der Waals surface area contributed by atoms with Crippen molar-refractivity contribution in [3.05, 3.63) is 60.7 Å². The fourth-order valence-corrected chi connectivity index (χ4v) is 4.95. The van der Waals surface area contributed by atoms with Gasteiger partial charge >= 0.3 is 0 Å². The highest BCUT2D eigenvalue weighted by molar-refractivity contribution is 8.19. The van der Waals surface area contributed by atoms with Crippen LogP contribution >= 0.6 is 6.26 Å². The van der Waals surface area contributed by atoms with E-state index in [0.717, 1.165) is 30.1 Å². The first-order chi connectivity index (χ1) is 9.27. The minimum Gasteiger partial charge on any atom is -0.342 e. The third-order valence-corrected chi connectivity index (χ3v) is 7.05. The summed E-state index contributed by atoms with van der Waals surface area (Å²) in [5.41, 5.74) is 0. The molecular weight excluding hydrogens is 271 g/mol. The first-order valence-electron chi connectivity index (χ1n) is 6.63. The monoisotopic (exact) mass is 290 g/mol. The van der Waals surface area contributed by atoms with E-state index >= 15 is 0 Å². The molecule has 0 saturated carbocycles. The molecule has 100 valence electrons. The van der Waals surface area contributed by atoms with Crippen molar-refractivity contribution in [2.75, 3.05) is 6.61 Å². The summed E-state index contributed by atoms with van der Waals surface area (Å²) < 4.78 is 6.17. The maximum Gasteiger partial charge on any atom is 0.123 e. The quantitative estimate of drug-likeness (QED) is 0.590. The SMILES string of the molecule is CCCCOP(=S)(c1ccccc1)c1ccccc1. The number of hydrogen-bond acceptors (Lipinski definition) is 2. The lowest BCUT2D eigenvalue weighted by atomic mass is 10.4. The van der Waals surface area contributed by atoms with Crippen LogP contribution in [0.25, 0.3) is 0 Å². The highest BCUT2D eigenvalue weighted by atomic mass is 32.4. The van der Waals surface area contributed by atoms with Gasteiger partial charge in [-0.1, -0.05) is 85.8 Å². The molecule has 0 spiro atoms. The lowest BCUT2D eigenvalue weighted by Crippen LogP contribution is -2.18. The number of unbranched alkanes of at least 4 members (excludes halogenated alkanes) is 1. The van der Waals surface area contributed by atoms with Crippen LogP contribution in [0, 0.1) is 0 Å². The third-order valence-electron chi connectivity index (χ3n) is 2.96. The molecule has 19 heavy (non-hydrogen) atoms. The summed E-state index contributed by atoms with van der Waals surface area (Å²) in [6.45, 7) is 2.90. The van der Waals surface area contributed by atoms with Gasteiger partial charge in [0.15, 0.2) is 0 Å². The molecule has 0 unspecified atom stereocenters. The Kier molecular flexibility index (Phi) is 5.33. The molecule has 0 radical (unpaired) electrons. The second-order valence-electron chi connectivity index (χ2n) is 4.41. The van der Waals surface area contributed by atoms with Gasteiger partial charge < -0.3 is 4.52 Å². The van der Waals surface area contributed by atoms with Crippen molar-refractivity contribution in [1.29, 1.82) is 0 Å². The van der Waals surface area contributed by atoms with E-state index in [1.807, 2.05) is 36.4 Å². The van der Waals surface area contributed by atoms with Crippen LogP contribution in [-0.2, 0) is 16.3 Å². The minimum atomic E-state index is -2.12. The maximum absolute atomic E-state index is 6.17. The second kappa shape index (κ2) is 7.00. The van der Waals surface area contributed by atoms with Gasteiger partial charge in [-0.05, 0) is 6.42 Å². The zero-order valence-electron chi connectivity index (χ0n) is 11.2. The van der Waals surface area contributed by atoms with Crippen molar-refractivity contribution in [2.24, 2.45) is 0 Å². The van der Waals surface area contributed by atoms with Crippen LogP contribution in [0.2, 0.25) is 0 Å².